The molecule has 0 radical (unpaired) electrons. The largest absolute Gasteiger partial charge is 0.490 e. The van der Waals surface area contributed by atoms with E-state index in [1.807, 2.05) is 0 Å². The van der Waals surface area contributed by atoms with Crippen molar-refractivity contribution in [2.75, 3.05) is 6.61 Å². The van der Waals surface area contributed by atoms with Gasteiger partial charge in [0.1, 0.15) is 17.1 Å². The minimum atomic E-state index is -5.77. The van der Waals surface area contributed by atoms with Gasteiger partial charge in [-0.2, -0.15) is 13.0 Å². The van der Waals surface area contributed by atoms with E-state index in [0.29, 0.717) is 10.8 Å². The van der Waals surface area contributed by atoms with Crippen molar-refractivity contribution in [1.29, 1.82) is 0 Å². The molecule has 2 rings (SSSR count). The molecule has 0 amide bonds. The predicted octanol–water partition coefficient (Wildman–Crippen LogP) is -0.725. The first kappa shape index (κ1) is 26.5. The molecular weight excluding hydrogens is 519 g/mol. The Kier molecular flexibility index (Phi) is 7.58. The highest BCUT2D eigenvalue weighted by Crippen LogP contribution is 2.66. The second kappa shape index (κ2) is 8.88. The topological polar surface area (TPSA) is 244 Å². The van der Waals surface area contributed by atoms with Crippen molar-refractivity contribution in [3.05, 3.63) is 32.9 Å². The number of aliphatic hydroxyl groups excluding tert-OH is 1. The molecule has 6 unspecified atom stereocenters. The number of nitrogens with zero attached hydrogens (tertiary/aromatic N) is 1. The zero-order valence-corrected chi connectivity index (χ0v) is 18.4. The average Bonchev–Trinajstić information content (AvgIpc) is 2.76. The fourth-order valence-corrected chi connectivity index (χ4v) is 5.78. The van der Waals surface area contributed by atoms with Crippen LogP contribution in [-0.4, -0.2) is 57.9 Å². The lowest BCUT2D eigenvalue weighted by Crippen LogP contribution is -2.43. The van der Waals surface area contributed by atoms with Crippen molar-refractivity contribution in [1.82, 2.24) is 9.55 Å². The van der Waals surface area contributed by atoms with Crippen LogP contribution in [0.4, 0.5) is 4.39 Å². The summed E-state index contributed by atoms with van der Waals surface area (Å²) >= 11 is 6.15. The van der Waals surface area contributed by atoms with Gasteiger partial charge in [0.05, 0.1) is 12.8 Å². The first-order valence-electron chi connectivity index (χ1n) is 7.66. The minimum Gasteiger partial charge on any atom is -0.388 e. The molecule has 31 heavy (non-hydrogen) atoms. The Labute approximate surface area is 175 Å². The quantitative estimate of drug-likeness (QED) is 0.178. The first-order chi connectivity index (χ1) is 13.8. The van der Waals surface area contributed by atoms with E-state index in [0.717, 1.165) is 6.92 Å². The summed E-state index contributed by atoms with van der Waals surface area (Å²) in [6.45, 7) is 0.0639. The van der Waals surface area contributed by atoms with Crippen LogP contribution in [-0.2, 0) is 31.6 Å². The fourth-order valence-electron chi connectivity index (χ4n) is 2.46. The molecule has 1 aliphatic heterocycles. The number of phosphoric acid groups is 3. The summed E-state index contributed by atoms with van der Waals surface area (Å²) in [5.41, 5.74) is -2.50. The van der Waals surface area contributed by atoms with Crippen LogP contribution in [0.1, 0.15) is 13.2 Å². The maximum Gasteiger partial charge on any atom is 0.490 e. The number of aromatic amines is 1. The number of alkyl halides is 1. The third kappa shape index (κ3) is 6.62. The molecule has 2 heterocycles. The first-order valence-corrected chi connectivity index (χ1v) is 12.6. The van der Waals surface area contributed by atoms with Gasteiger partial charge in [0.25, 0.3) is 5.56 Å². The molecule has 178 valence electrons. The van der Waals surface area contributed by atoms with Gasteiger partial charge in [-0.1, -0.05) is 0 Å². The van der Waals surface area contributed by atoms with Crippen molar-refractivity contribution < 1.29 is 60.6 Å². The molecule has 6 N–H and O–H groups in total. The van der Waals surface area contributed by atoms with E-state index in [-0.39, 0.29) is 0 Å². The SMILES string of the molecule is CC1(Cl)C(O)C(COP(=O)(O)OP(=O)(O)OP(=O)(O)O)OC1n1cc(F)c(=O)[nH]c1=O. The van der Waals surface area contributed by atoms with Crippen LogP contribution < -0.4 is 11.2 Å². The van der Waals surface area contributed by atoms with Gasteiger partial charge < -0.3 is 29.4 Å². The number of aliphatic hydroxyl groups is 1. The standard InChI is InChI=1S/C10H15ClFN2O14P3/c1-10(11)6(15)5(26-8(10)14-2-4(12)7(16)13-9(14)17)3-25-30(21,22)28-31(23,24)27-29(18,19)20/h2,5-6,8,15H,3H2,1H3,(H,21,22)(H,23,24)(H,13,16,17)(H2,18,19,20). The summed E-state index contributed by atoms with van der Waals surface area (Å²) in [5.74, 6) is -1.39. The van der Waals surface area contributed by atoms with Gasteiger partial charge in [-0.05, 0) is 6.92 Å². The maximum atomic E-state index is 13.5. The summed E-state index contributed by atoms with van der Waals surface area (Å²) in [5, 5.41) is 10.3. The van der Waals surface area contributed by atoms with Crippen molar-refractivity contribution in [2.45, 2.75) is 30.2 Å². The minimum absolute atomic E-state index is 0.448. The highest BCUT2D eigenvalue weighted by molar-refractivity contribution is 7.66. The zero-order chi connectivity index (χ0) is 24.0. The summed E-state index contributed by atoms with van der Waals surface area (Å²) in [6, 6.07) is 0. The molecular formula is C10H15ClFN2O14P3. The molecule has 1 fully saturated rings. The van der Waals surface area contributed by atoms with Crippen molar-refractivity contribution in [3.63, 3.8) is 0 Å². The second-order valence-corrected chi connectivity index (χ2v) is 11.4. The number of aromatic nitrogens is 2. The van der Waals surface area contributed by atoms with Gasteiger partial charge in [0, 0.05) is 0 Å². The monoisotopic (exact) mass is 534 g/mol. The molecule has 1 saturated heterocycles. The molecule has 6 atom stereocenters. The summed E-state index contributed by atoms with van der Waals surface area (Å²) in [6.07, 6.45) is -4.55. The molecule has 1 aromatic heterocycles. The van der Waals surface area contributed by atoms with Gasteiger partial charge in [0.2, 0.25) is 5.82 Å². The van der Waals surface area contributed by atoms with Gasteiger partial charge in [0.15, 0.2) is 6.23 Å². The number of hydrogen-bond acceptors (Lipinski definition) is 10. The second-order valence-electron chi connectivity index (χ2n) is 6.15. The summed E-state index contributed by atoms with van der Waals surface area (Å²) in [7, 11) is -16.9. The number of hydrogen-bond donors (Lipinski definition) is 6. The van der Waals surface area contributed by atoms with Gasteiger partial charge >= 0.3 is 29.2 Å². The Balaban J connectivity index is 2.17. The van der Waals surface area contributed by atoms with Crippen LogP contribution in [0.25, 0.3) is 0 Å². The molecule has 0 saturated carbocycles. The van der Waals surface area contributed by atoms with Crippen molar-refractivity contribution in [2.24, 2.45) is 0 Å². The molecule has 1 aliphatic rings. The molecule has 0 aromatic carbocycles. The highest BCUT2D eigenvalue weighted by Gasteiger charge is 2.54. The third-order valence-electron chi connectivity index (χ3n) is 3.71. The predicted molar refractivity (Wildman–Crippen MR) is 95.3 cm³/mol. The Morgan fingerprint density at radius 1 is 1.23 bits per heavy atom. The van der Waals surface area contributed by atoms with Crippen molar-refractivity contribution >= 4 is 35.1 Å². The number of rotatable bonds is 8. The van der Waals surface area contributed by atoms with Crippen molar-refractivity contribution in [3.8, 4) is 0 Å². The molecule has 1 aromatic rings. The van der Waals surface area contributed by atoms with Gasteiger partial charge in [-0.15, -0.1) is 11.6 Å². The molecule has 0 bridgehead atoms. The van der Waals surface area contributed by atoms with E-state index in [1.54, 1.807) is 4.98 Å². The highest BCUT2D eigenvalue weighted by atomic mass is 35.5. The summed E-state index contributed by atoms with van der Waals surface area (Å²) in [4.78, 5) is 58.3. The Hall–Kier alpha value is -0.770. The fraction of sp³-hybridized carbons (Fsp3) is 0.600. The summed E-state index contributed by atoms with van der Waals surface area (Å²) < 4.78 is 64.3. The molecule has 16 nitrogen and oxygen atoms in total. The van der Waals surface area contributed by atoms with E-state index in [2.05, 4.69) is 13.1 Å². The smallest absolute Gasteiger partial charge is 0.388 e. The van der Waals surface area contributed by atoms with Crippen LogP contribution in [0.5, 0.6) is 0 Å². The van der Waals surface area contributed by atoms with E-state index < -0.39 is 70.5 Å². The van der Waals surface area contributed by atoms with Crippen LogP contribution in [0.15, 0.2) is 15.8 Å². The number of nitrogens with one attached hydrogen (secondary N) is 1. The Bertz CT molecular complexity index is 1100. The third-order valence-corrected chi connectivity index (χ3v) is 7.92. The molecule has 21 heteroatoms. The maximum absolute atomic E-state index is 13.5. The molecule has 0 aliphatic carbocycles. The Morgan fingerprint density at radius 3 is 2.35 bits per heavy atom. The number of ether oxygens (including phenoxy) is 1. The van der Waals surface area contributed by atoms with Crippen LogP contribution in [0, 0.1) is 5.82 Å². The van der Waals surface area contributed by atoms with E-state index in [9.17, 15) is 37.7 Å². The van der Waals surface area contributed by atoms with Gasteiger partial charge in [-0.25, -0.2) is 18.5 Å². The number of phosphoric ester groups is 1. The van der Waals surface area contributed by atoms with Crippen LogP contribution >= 0.6 is 35.1 Å². The van der Waals surface area contributed by atoms with Crippen LogP contribution in [0.2, 0.25) is 0 Å². The van der Waals surface area contributed by atoms with E-state index in [4.69, 9.17) is 31.0 Å². The average molecular weight is 535 g/mol. The lowest BCUT2D eigenvalue weighted by molar-refractivity contribution is -0.0464. The number of H-pyrrole nitrogens is 1. The molecule has 0 spiro atoms. The lowest BCUT2D eigenvalue weighted by atomic mass is 10.0. The Morgan fingerprint density at radius 2 is 1.81 bits per heavy atom. The van der Waals surface area contributed by atoms with E-state index >= 15 is 0 Å². The number of halogens is 2. The zero-order valence-electron chi connectivity index (χ0n) is 15.0. The normalized spacial score (nSPS) is 30.6. The van der Waals surface area contributed by atoms with Gasteiger partial charge in [-0.3, -0.25) is 18.9 Å². The van der Waals surface area contributed by atoms with E-state index in [1.165, 1.54) is 0 Å². The lowest BCUT2D eigenvalue weighted by Gasteiger charge is -2.26. The van der Waals surface area contributed by atoms with Crippen LogP contribution in [0.3, 0.4) is 0 Å².